The van der Waals surface area contributed by atoms with Crippen LogP contribution in [-0.4, -0.2) is 21.8 Å². The van der Waals surface area contributed by atoms with E-state index in [1.807, 2.05) is 12.1 Å². The van der Waals surface area contributed by atoms with Gasteiger partial charge in [0.1, 0.15) is 11.5 Å². The number of allylic oxidation sites excluding steroid dienone is 4. The van der Waals surface area contributed by atoms with Crippen molar-refractivity contribution in [2.45, 2.75) is 0 Å². The van der Waals surface area contributed by atoms with Gasteiger partial charge in [0.25, 0.3) is 0 Å². The van der Waals surface area contributed by atoms with Gasteiger partial charge in [-0.05, 0) is 70.1 Å². The van der Waals surface area contributed by atoms with E-state index in [0.29, 0.717) is 10.9 Å². The number of carbonyl (C=O) groups excluding carboxylic acids is 2. The largest absolute Gasteiger partial charge is 0.508 e. The molecule has 0 amide bonds. The van der Waals surface area contributed by atoms with Crippen molar-refractivity contribution in [3.63, 3.8) is 0 Å². The molecule has 4 rings (SSSR count). The van der Waals surface area contributed by atoms with Crippen LogP contribution in [0.5, 0.6) is 11.5 Å². The van der Waals surface area contributed by atoms with Crippen molar-refractivity contribution < 1.29 is 19.8 Å². The predicted molar refractivity (Wildman–Crippen MR) is 91.9 cm³/mol. The van der Waals surface area contributed by atoms with Gasteiger partial charge in [-0.1, -0.05) is 12.1 Å². The number of benzene rings is 3. The van der Waals surface area contributed by atoms with Crippen LogP contribution in [0, 0.1) is 0 Å². The SMILES string of the molecule is O=C1C=CC(=O)C(c2c(O)ccc3cc4cc(O)ccc4cc23)=C1. The minimum Gasteiger partial charge on any atom is -0.508 e. The molecule has 0 spiro atoms. The number of aromatic hydroxyl groups is 2. The van der Waals surface area contributed by atoms with Gasteiger partial charge >= 0.3 is 0 Å². The monoisotopic (exact) mass is 316 g/mol. The van der Waals surface area contributed by atoms with Gasteiger partial charge in [-0.3, -0.25) is 9.59 Å². The van der Waals surface area contributed by atoms with E-state index in [1.54, 1.807) is 24.3 Å². The second-order valence-corrected chi connectivity index (χ2v) is 5.72. The molecule has 3 aromatic rings. The fourth-order valence-corrected chi connectivity index (χ4v) is 3.03. The van der Waals surface area contributed by atoms with E-state index in [1.165, 1.54) is 24.3 Å². The second kappa shape index (κ2) is 5.06. The number of hydrogen-bond donors (Lipinski definition) is 2. The second-order valence-electron chi connectivity index (χ2n) is 5.72. The molecule has 0 aromatic heterocycles. The van der Waals surface area contributed by atoms with Gasteiger partial charge in [0, 0.05) is 11.1 Å². The highest BCUT2D eigenvalue weighted by Gasteiger charge is 2.20. The molecule has 4 heteroatoms. The average molecular weight is 316 g/mol. The van der Waals surface area contributed by atoms with Gasteiger partial charge in [0.05, 0.1) is 0 Å². The van der Waals surface area contributed by atoms with Gasteiger partial charge in [0.15, 0.2) is 11.6 Å². The highest BCUT2D eigenvalue weighted by Crippen LogP contribution is 2.37. The summed E-state index contributed by atoms with van der Waals surface area (Å²) in [7, 11) is 0. The van der Waals surface area contributed by atoms with Crippen LogP contribution in [-0.2, 0) is 9.59 Å². The lowest BCUT2D eigenvalue weighted by Crippen LogP contribution is -2.07. The topological polar surface area (TPSA) is 74.6 Å². The standard InChI is InChI=1S/C20H12O4/c21-14-3-1-11-9-16-12(7-13(11)8-14)2-5-19(24)20(16)17-10-15(22)4-6-18(17)23/h1-10,21,24H. The average Bonchev–Trinajstić information content (AvgIpc) is 2.56. The molecular formula is C20H12O4. The van der Waals surface area contributed by atoms with Gasteiger partial charge in [-0.15, -0.1) is 0 Å². The molecular weight excluding hydrogens is 304 g/mol. The van der Waals surface area contributed by atoms with Crippen LogP contribution in [0.1, 0.15) is 5.56 Å². The lowest BCUT2D eigenvalue weighted by molar-refractivity contribution is -0.113. The van der Waals surface area contributed by atoms with Gasteiger partial charge in [-0.2, -0.15) is 0 Å². The van der Waals surface area contributed by atoms with Gasteiger partial charge < -0.3 is 10.2 Å². The van der Waals surface area contributed by atoms with E-state index in [2.05, 4.69) is 0 Å². The Balaban J connectivity index is 2.08. The third-order valence-corrected chi connectivity index (χ3v) is 4.16. The van der Waals surface area contributed by atoms with Crippen LogP contribution in [0.2, 0.25) is 0 Å². The number of fused-ring (bicyclic) bond motifs is 2. The van der Waals surface area contributed by atoms with E-state index in [0.717, 1.165) is 16.2 Å². The summed E-state index contributed by atoms with van der Waals surface area (Å²) < 4.78 is 0. The summed E-state index contributed by atoms with van der Waals surface area (Å²) in [5.74, 6) is -0.486. The summed E-state index contributed by atoms with van der Waals surface area (Å²) in [6, 6.07) is 12.0. The number of phenols is 2. The van der Waals surface area contributed by atoms with Crippen LogP contribution < -0.4 is 0 Å². The lowest BCUT2D eigenvalue weighted by Gasteiger charge is -2.13. The Bertz CT molecular complexity index is 1100. The third kappa shape index (κ3) is 2.16. The minimum atomic E-state index is -0.316. The van der Waals surface area contributed by atoms with Crippen LogP contribution >= 0.6 is 0 Å². The molecule has 24 heavy (non-hydrogen) atoms. The summed E-state index contributed by atoms with van der Waals surface area (Å²) in [5.41, 5.74) is 0.536. The molecule has 0 unspecified atom stereocenters. The molecule has 3 aromatic carbocycles. The van der Waals surface area contributed by atoms with E-state index >= 15 is 0 Å². The molecule has 1 aliphatic rings. The zero-order valence-electron chi connectivity index (χ0n) is 12.5. The molecule has 0 heterocycles. The summed E-state index contributed by atoms with van der Waals surface area (Å²) in [4.78, 5) is 23.9. The van der Waals surface area contributed by atoms with Crippen molar-refractivity contribution in [3.8, 4) is 11.5 Å². The lowest BCUT2D eigenvalue weighted by atomic mass is 9.90. The highest BCUT2D eigenvalue weighted by atomic mass is 16.3. The Labute approximate surface area is 137 Å². The van der Waals surface area contributed by atoms with E-state index in [-0.39, 0.29) is 28.6 Å². The van der Waals surface area contributed by atoms with E-state index in [9.17, 15) is 19.8 Å². The number of hydrogen-bond acceptors (Lipinski definition) is 4. The van der Waals surface area contributed by atoms with Crippen molar-refractivity contribution in [1.29, 1.82) is 0 Å². The first-order chi connectivity index (χ1) is 11.5. The summed E-state index contributed by atoms with van der Waals surface area (Å²) >= 11 is 0. The Hall–Kier alpha value is -3.40. The first-order valence-corrected chi connectivity index (χ1v) is 7.40. The first kappa shape index (κ1) is 14.2. The Kier molecular flexibility index (Phi) is 3.00. The number of phenolic OH excluding ortho intramolecular Hbond substituents is 2. The molecule has 1 aliphatic carbocycles. The Morgan fingerprint density at radius 2 is 1.54 bits per heavy atom. The summed E-state index contributed by atoms with van der Waals surface area (Å²) in [5, 5.41) is 23.1. The predicted octanol–water partition coefficient (Wildman–Crippen LogP) is 3.50. The Morgan fingerprint density at radius 1 is 0.750 bits per heavy atom. The van der Waals surface area contributed by atoms with Crippen molar-refractivity contribution >= 4 is 38.7 Å². The molecule has 0 atom stereocenters. The van der Waals surface area contributed by atoms with Crippen LogP contribution in [0.4, 0.5) is 0 Å². The van der Waals surface area contributed by atoms with E-state index < -0.39 is 0 Å². The van der Waals surface area contributed by atoms with Crippen molar-refractivity contribution in [2.75, 3.05) is 0 Å². The maximum atomic E-state index is 12.2. The fourth-order valence-electron chi connectivity index (χ4n) is 3.03. The number of carbonyl (C=O) groups is 2. The molecule has 0 fully saturated rings. The molecule has 0 saturated carbocycles. The van der Waals surface area contributed by atoms with Crippen molar-refractivity contribution in [2.24, 2.45) is 0 Å². The van der Waals surface area contributed by atoms with Crippen LogP contribution in [0.25, 0.3) is 27.1 Å². The molecule has 0 aliphatic heterocycles. The molecule has 2 N–H and O–H groups in total. The highest BCUT2D eigenvalue weighted by molar-refractivity contribution is 6.36. The fraction of sp³-hybridized carbons (Fsp3) is 0. The normalized spacial score (nSPS) is 14.4. The van der Waals surface area contributed by atoms with Crippen LogP contribution in [0.15, 0.2) is 60.7 Å². The maximum Gasteiger partial charge on any atom is 0.186 e. The van der Waals surface area contributed by atoms with Crippen LogP contribution in [0.3, 0.4) is 0 Å². The molecule has 4 nitrogen and oxygen atoms in total. The molecule has 0 bridgehead atoms. The number of rotatable bonds is 1. The summed E-state index contributed by atoms with van der Waals surface area (Å²) in [6.07, 6.45) is 3.68. The van der Waals surface area contributed by atoms with E-state index in [4.69, 9.17) is 0 Å². The zero-order chi connectivity index (χ0) is 16.8. The smallest absolute Gasteiger partial charge is 0.186 e. The summed E-state index contributed by atoms with van der Waals surface area (Å²) in [6.45, 7) is 0. The quantitative estimate of drug-likeness (QED) is 0.532. The minimum absolute atomic E-state index is 0.0525. The van der Waals surface area contributed by atoms with Gasteiger partial charge in [-0.25, -0.2) is 0 Å². The Morgan fingerprint density at radius 3 is 2.38 bits per heavy atom. The first-order valence-electron chi connectivity index (χ1n) is 7.40. The van der Waals surface area contributed by atoms with Crippen molar-refractivity contribution in [1.82, 2.24) is 0 Å². The molecule has 116 valence electrons. The molecule has 0 radical (unpaired) electrons. The number of ketones is 2. The molecule has 0 saturated heterocycles. The zero-order valence-corrected chi connectivity index (χ0v) is 12.5. The van der Waals surface area contributed by atoms with Crippen molar-refractivity contribution in [3.05, 3.63) is 66.3 Å². The third-order valence-electron chi connectivity index (χ3n) is 4.16. The van der Waals surface area contributed by atoms with Gasteiger partial charge in [0.2, 0.25) is 0 Å². The maximum absolute atomic E-state index is 12.2.